The average molecular weight is 607 g/mol. The molecule has 6 rings (SSSR count). The minimum absolute atomic E-state index is 0.0150. The molecule has 10 nitrogen and oxygen atoms in total. The summed E-state index contributed by atoms with van der Waals surface area (Å²) in [7, 11) is 0. The SMILES string of the molecule is C=CCOC(=O)N1c2ccccc2[C@]2(C(C)(C)C=C)CC3C(=O)N/C(=C\c4cn(C(=O)OCC=C)c5ccccc45)C(=O)N3[C@H]12. The van der Waals surface area contributed by atoms with Gasteiger partial charge >= 0.3 is 12.2 Å². The summed E-state index contributed by atoms with van der Waals surface area (Å²) in [5.74, 6) is -0.841. The van der Waals surface area contributed by atoms with E-state index in [9.17, 15) is 19.2 Å². The Hall–Kier alpha value is -5.38. The molecule has 2 saturated heterocycles. The molecule has 10 heteroatoms. The molecule has 3 aliphatic rings. The molecule has 230 valence electrons. The molecule has 3 amide bonds. The Kier molecular flexibility index (Phi) is 7.23. The number of benzene rings is 2. The normalized spacial score (nSPS) is 22.8. The summed E-state index contributed by atoms with van der Waals surface area (Å²) in [6.07, 6.45) is 5.99. The van der Waals surface area contributed by atoms with Crippen molar-refractivity contribution in [2.24, 2.45) is 5.41 Å². The quantitative estimate of drug-likeness (QED) is 0.281. The van der Waals surface area contributed by atoms with Crippen LogP contribution in [0.15, 0.2) is 98.4 Å². The summed E-state index contributed by atoms with van der Waals surface area (Å²) >= 11 is 0. The fourth-order valence-corrected chi connectivity index (χ4v) is 7.03. The van der Waals surface area contributed by atoms with Crippen LogP contribution in [0.3, 0.4) is 0 Å². The number of hydrogen-bond acceptors (Lipinski definition) is 6. The minimum atomic E-state index is -0.887. The first-order valence-corrected chi connectivity index (χ1v) is 14.6. The van der Waals surface area contributed by atoms with E-state index in [0.717, 1.165) is 5.56 Å². The zero-order valence-corrected chi connectivity index (χ0v) is 25.2. The molecule has 0 bridgehead atoms. The maximum atomic E-state index is 14.5. The van der Waals surface area contributed by atoms with Gasteiger partial charge in [-0.2, -0.15) is 0 Å². The number of allylic oxidation sites excluding steroid dienone is 1. The fraction of sp³-hybridized carbons (Fsp3) is 0.257. The van der Waals surface area contributed by atoms with Crippen molar-refractivity contribution in [1.29, 1.82) is 0 Å². The van der Waals surface area contributed by atoms with E-state index in [2.05, 4.69) is 25.1 Å². The van der Waals surface area contributed by atoms with Crippen molar-refractivity contribution < 1.29 is 28.7 Å². The number of anilines is 1. The molecule has 2 aromatic carbocycles. The number of para-hydroxylation sites is 2. The molecule has 0 radical (unpaired) electrons. The maximum absolute atomic E-state index is 14.5. The van der Waals surface area contributed by atoms with Crippen LogP contribution in [0.2, 0.25) is 0 Å². The largest absolute Gasteiger partial charge is 0.445 e. The summed E-state index contributed by atoms with van der Waals surface area (Å²) in [5.41, 5.74) is 1.01. The summed E-state index contributed by atoms with van der Waals surface area (Å²) in [5, 5.41) is 3.50. The molecule has 3 aromatic rings. The van der Waals surface area contributed by atoms with Crippen molar-refractivity contribution in [3.05, 3.63) is 110 Å². The minimum Gasteiger partial charge on any atom is -0.445 e. The summed E-state index contributed by atoms with van der Waals surface area (Å²) < 4.78 is 12.1. The Morgan fingerprint density at radius 2 is 1.67 bits per heavy atom. The van der Waals surface area contributed by atoms with Crippen LogP contribution in [0.25, 0.3) is 17.0 Å². The smallest absolute Gasteiger partial charge is 0.418 e. The summed E-state index contributed by atoms with van der Waals surface area (Å²) in [6, 6.07) is 13.8. The van der Waals surface area contributed by atoms with Crippen molar-refractivity contribution >= 4 is 46.7 Å². The van der Waals surface area contributed by atoms with E-state index in [1.807, 2.05) is 56.3 Å². The van der Waals surface area contributed by atoms with Gasteiger partial charge in [-0.3, -0.25) is 19.1 Å². The third-order valence-corrected chi connectivity index (χ3v) is 9.22. The highest BCUT2D eigenvalue weighted by atomic mass is 16.6. The molecule has 0 saturated carbocycles. The number of nitrogens with zero attached hydrogens (tertiary/aromatic N) is 3. The predicted octanol–water partition coefficient (Wildman–Crippen LogP) is 5.50. The van der Waals surface area contributed by atoms with Gasteiger partial charge in [-0.1, -0.05) is 81.6 Å². The second kappa shape index (κ2) is 11.0. The molecule has 2 fully saturated rings. The van der Waals surface area contributed by atoms with Crippen molar-refractivity contribution in [3.63, 3.8) is 0 Å². The Bertz CT molecular complexity index is 1820. The number of ether oxygens (including phenoxy) is 2. The molecule has 1 aromatic heterocycles. The monoisotopic (exact) mass is 606 g/mol. The van der Waals surface area contributed by atoms with Crippen molar-refractivity contribution in [3.8, 4) is 0 Å². The standard InChI is InChI=1S/C35H34N4O6/c1-6-17-44-32(42)37-21-22(23-13-9-11-15-26(23)37)19-25-30(41)38-28(29(40)36-25)20-35(34(4,5)8-3)24-14-10-12-16-27(24)39(31(35)38)33(43)45-18-7-2/h6-16,19,21,28,31H,1-3,17-18,20H2,4-5H3,(H,36,40)/b25-19-/t28?,31-,35-/m1/s1. The molecule has 0 aliphatic carbocycles. The van der Waals surface area contributed by atoms with Gasteiger partial charge < -0.3 is 19.7 Å². The first-order valence-electron chi connectivity index (χ1n) is 14.6. The first-order chi connectivity index (χ1) is 21.6. The van der Waals surface area contributed by atoms with Crippen molar-refractivity contribution in [2.45, 2.75) is 37.9 Å². The number of fused-ring (bicyclic) bond motifs is 6. The topological polar surface area (TPSA) is 110 Å². The number of rotatable bonds is 7. The van der Waals surface area contributed by atoms with Crippen LogP contribution < -0.4 is 10.2 Å². The zero-order chi connectivity index (χ0) is 32.1. The lowest BCUT2D eigenvalue weighted by atomic mass is 9.60. The van der Waals surface area contributed by atoms with E-state index in [0.29, 0.717) is 22.2 Å². The first kappa shape index (κ1) is 29.7. The van der Waals surface area contributed by atoms with Gasteiger partial charge in [0.1, 0.15) is 31.1 Å². The Morgan fingerprint density at radius 1 is 1.00 bits per heavy atom. The average Bonchev–Trinajstić information content (AvgIpc) is 3.69. The van der Waals surface area contributed by atoms with E-state index in [1.54, 1.807) is 24.4 Å². The van der Waals surface area contributed by atoms with Crippen LogP contribution in [0.4, 0.5) is 15.3 Å². The van der Waals surface area contributed by atoms with Crippen LogP contribution in [0, 0.1) is 5.41 Å². The zero-order valence-electron chi connectivity index (χ0n) is 25.2. The van der Waals surface area contributed by atoms with E-state index in [1.165, 1.54) is 26.5 Å². The van der Waals surface area contributed by atoms with E-state index >= 15 is 0 Å². The third-order valence-electron chi connectivity index (χ3n) is 9.22. The number of carbonyl (C=O) groups excluding carboxylic acids is 4. The van der Waals surface area contributed by atoms with Gasteiger partial charge in [-0.05, 0) is 35.6 Å². The van der Waals surface area contributed by atoms with Gasteiger partial charge in [0.05, 0.1) is 11.2 Å². The Labute approximate surface area is 260 Å². The van der Waals surface area contributed by atoms with Crippen molar-refractivity contribution in [2.75, 3.05) is 18.1 Å². The number of hydrogen-bond donors (Lipinski definition) is 1. The molecule has 1 unspecified atom stereocenters. The van der Waals surface area contributed by atoms with E-state index in [-0.39, 0.29) is 31.2 Å². The maximum Gasteiger partial charge on any atom is 0.418 e. The van der Waals surface area contributed by atoms with Crippen LogP contribution >= 0.6 is 0 Å². The van der Waals surface area contributed by atoms with E-state index < -0.39 is 41.1 Å². The van der Waals surface area contributed by atoms with Gasteiger partial charge in [0.15, 0.2) is 0 Å². The lowest BCUT2D eigenvalue weighted by molar-refractivity contribution is -0.142. The van der Waals surface area contributed by atoms with Crippen LogP contribution in [-0.4, -0.2) is 58.9 Å². The predicted molar refractivity (Wildman–Crippen MR) is 170 cm³/mol. The number of aromatic nitrogens is 1. The van der Waals surface area contributed by atoms with Gasteiger partial charge in [0.2, 0.25) is 5.91 Å². The van der Waals surface area contributed by atoms with Crippen LogP contribution in [-0.2, 0) is 24.5 Å². The molecule has 4 heterocycles. The van der Waals surface area contributed by atoms with Gasteiger partial charge in [0.25, 0.3) is 5.91 Å². The van der Waals surface area contributed by atoms with Crippen LogP contribution in [0.1, 0.15) is 31.4 Å². The molecular formula is C35H34N4O6. The lowest BCUT2D eigenvalue weighted by Crippen LogP contribution is -2.62. The van der Waals surface area contributed by atoms with Gasteiger partial charge in [-0.25, -0.2) is 9.59 Å². The van der Waals surface area contributed by atoms with Crippen molar-refractivity contribution in [1.82, 2.24) is 14.8 Å². The highest BCUT2D eigenvalue weighted by molar-refractivity contribution is 6.10. The molecule has 45 heavy (non-hydrogen) atoms. The Balaban J connectivity index is 1.49. The molecule has 0 spiro atoms. The highest BCUT2D eigenvalue weighted by Gasteiger charge is 2.70. The second-order valence-corrected chi connectivity index (χ2v) is 11.8. The molecule has 1 N–H and O–H groups in total. The number of nitrogens with one attached hydrogen (secondary N) is 1. The molecule has 3 aliphatic heterocycles. The highest BCUT2D eigenvalue weighted by Crippen LogP contribution is 2.62. The molecular weight excluding hydrogens is 572 g/mol. The van der Waals surface area contributed by atoms with Crippen LogP contribution in [0.5, 0.6) is 0 Å². The summed E-state index contributed by atoms with van der Waals surface area (Å²) in [6.45, 7) is 15.4. The van der Waals surface area contributed by atoms with Gasteiger partial charge in [-0.15, -0.1) is 6.58 Å². The third kappa shape index (κ3) is 4.31. The Morgan fingerprint density at radius 3 is 2.38 bits per heavy atom. The number of carbonyl (C=O) groups is 4. The fourth-order valence-electron chi connectivity index (χ4n) is 7.03. The number of piperazine rings is 1. The molecule has 3 atom stereocenters. The van der Waals surface area contributed by atoms with E-state index in [4.69, 9.17) is 9.47 Å². The summed E-state index contributed by atoms with van der Waals surface area (Å²) in [4.78, 5) is 57.9. The second-order valence-electron chi connectivity index (χ2n) is 11.8. The van der Waals surface area contributed by atoms with Gasteiger partial charge in [0, 0.05) is 22.6 Å². The lowest BCUT2D eigenvalue weighted by Gasteiger charge is -2.45. The number of amides is 3.